The van der Waals surface area contributed by atoms with Crippen LogP contribution in [0.5, 0.6) is 0 Å². The van der Waals surface area contributed by atoms with Gasteiger partial charge >= 0.3 is 5.97 Å². The predicted octanol–water partition coefficient (Wildman–Crippen LogP) is 3.78. The highest BCUT2D eigenvalue weighted by atomic mass is 32.2. The van der Waals surface area contributed by atoms with Gasteiger partial charge in [-0.1, -0.05) is 51.1 Å². The Bertz CT molecular complexity index is 360. The Kier molecular flexibility index (Phi) is 5.06. The molecule has 0 saturated carbocycles. The molecule has 0 aliphatic heterocycles. The van der Waals surface area contributed by atoms with Crippen LogP contribution < -0.4 is 0 Å². The van der Waals surface area contributed by atoms with Crippen LogP contribution in [0.3, 0.4) is 0 Å². The minimum atomic E-state index is -0.722. The molecule has 1 N–H and O–H groups in total. The van der Waals surface area contributed by atoms with Gasteiger partial charge in [-0.25, -0.2) is 0 Å². The molecule has 1 unspecified atom stereocenters. The van der Waals surface area contributed by atoms with Crippen LogP contribution in [0.15, 0.2) is 30.3 Å². The van der Waals surface area contributed by atoms with Crippen LogP contribution in [0.1, 0.15) is 38.7 Å². The average molecular weight is 252 g/mol. The second-order valence-electron chi connectivity index (χ2n) is 4.73. The molecule has 1 aromatic rings. The van der Waals surface area contributed by atoms with E-state index in [4.69, 9.17) is 5.11 Å². The Labute approximate surface area is 107 Å². The number of thioether (sulfide) groups is 1. The first-order valence-electron chi connectivity index (χ1n) is 5.84. The van der Waals surface area contributed by atoms with E-state index in [2.05, 4.69) is 32.9 Å². The predicted molar refractivity (Wildman–Crippen MR) is 73.6 cm³/mol. The monoisotopic (exact) mass is 252 g/mol. The summed E-state index contributed by atoms with van der Waals surface area (Å²) < 4.78 is 0.0524. The lowest BCUT2D eigenvalue weighted by molar-refractivity contribution is -0.136. The lowest BCUT2D eigenvalue weighted by atomic mass is 9.89. The van der Waals surface area contributed by atoms with Crippen LogP contribution in [-0.2, 0) is 4.79 Å². The molecule has 0 aliphatic rings. The van der Waals surface area contributed by atoms with Gasteiger partial charge in [0.15, 0.2) is 0 Å². The summed E-state index contributed by atoms with van der Waals surface area (Å²) in [6, 6.07) is 10.4. The van der Waals surface area contributed by atoms with E-state index in [9.17, 15) is 4.79 Å². The largest absolute Gasteiger partial charge is 0.481 e. The molecule has 0 spiro atoms. The molecule has 1 rings (SSSR count). The number of aliphatic carboxylic acids is 1. The molecule has 0 aromatic heterocycles. The zero-order chi connectivity index (χ0) is 12.9. The Morgan fingerprint density at radius 2 is 1.94 bits per heavy atom. The Morgan fingerprint density at radius 1 is 1.35 bits per heavy atom. The molecule has 17 heavy (non-hydrogen) atoms. The molecule has 0 fully saturated rings. The highest BCUT2D eigenvalue weighted by Gasteiger charge is 2.27. The number of carbonyl (C=O) groups is 1. The standard InChI is InChI=1S/C14H20O2S/c1-11(12-7-5-4-6-8-12)14(2,3)17-10-9-13(15)16/h4-8,11H,9-10H2,1-3H3,(H,15,16). The van der Waals surface area contributed by atoms with Gasteiger partial charge < -0.3 is 5.11 Å². The summed E-state index contributed by atoms with van der Waals surface area (Å²) >= 11 is 1.73. The van der Waals surface area contributed by atoms with E-state index in [1.807, 2.05) is 18.2 Å². The van der Waals surface area contributed by atoms with Crippen LogP contribution in [0.4, 0.5) is 0 Å². The maximum atomic E-state index is 10.5. The summed E-state index contributed by atoms with van der Waals surface area (Å²) in [5, 5.41) is 8.65. The molecule has 0 amide bonds. The number of hydrogen-bond acceptors (Lipinski definition) is 2. The summed E-state index contributed by atoms with van der Waals surface area (Å²) in [6.45, 7) is 6.55. The van der Waals surface area contributed by atoms with Crippen molar-refractivity contribution >= 4 is 17.7 Å². The lowest BCUT2D eigenvalue weighted by Gasteiger charge is -2.31. The zero-order valence-corrected chi connectivity index (χ0v) is 11.5. The van der Waals surface area contributed by atoms with Crippen molar-refractivity contribution in [3.05, 3.63) is 35.9 Å². The van der Waals surface area contributed by atoms with Crippen molar-refractivity contribution in [2.75, 3.05) is 5.75 Å². The molecular weight excluding hydrogens is 232 g/mol. The molecular formula is C14H20O2S. The number of rotatable bonds is 6. The second-order valence-corrected chi connectivity index (χ2v) is 6.48. The van der Waals surface area contributed by atoms with E-state index >= 15 is 0 Å². The van der Waals surface area contributed by atoms with E-state index in [-0.39, 0.29) is 11.2 Å². The van der Waals surface area contributed by atoms with E-state index in [1.54, 1.807) is 11.8 Å². The van der Waals surface area contributed by atoms with E-state index in [0.717, 1.165) is 0 Å². The van der Waals surface area contributed by atoms with Gasteiger partial charge in [0.2, 0.25) is 0 Å². The van der Waals surface area contributed by atoms with Crippen molar-refractivity contribution < 1.29 is 9.90 Å². The second kappa shape index (κ2) is 6.10. The topological polar surface area (TPSA) is 37.3 Å². The molecule has 1 aromatic carbocycles. The quantitative estimate of drug-likeness (QED) is 0.837. The van der Waals surface area contributed by atoms with Crippen LogP contribution in [0.2, 0.25) is 0 Å². The zero-order valence-electron chi connectivity index (χ0n) is 10.6. The van der Waals surface area contributed by atoms with E-state index in [1.165, 1.54) is 5.56 Å². The summed E-state index contributed by atoms with van der Waals surface area (Å²) in [6.07, 6.45) is 0.232. The summed E-state index contributed by atoms with van der Waals surface area (Å²) in [4.78, 5) is 10.5. The Morgan fingerprint density at radius 3 is 2.47 bits per heavy atom. The van der Waals surface area contributed by atoms with Crippen LogP contribution in [0.25, 0.3) is 0 Å². The first kappa shape index (κ1) is 14.1. The first-order valence-corrected chi connectivity index (χ1v) is 6.83. The number of benzene rings is 1. The van der Waals surface area contributed by atoms with Gasteiger partial charge in [-0.2, -0.15) is 11.8 Å². The summed E-state index contributed by atoms with van der Waals surface area (Å²) in [5.74, 6) is 0.350. The molecule has 1 atom stereocenters. The third-order valence-corrected chi connectivity index (χ3v) is 4.64. The molecule has 0 saturated heterocycles. The van der Waals surface area contributed by atoms with Crippen molar-refractivity contribution in [3.8, 4) is 0 Å². The normalized spacial score (nSPS) is 13.4. The fourth-order valence-corrected chi connectivity index (χ4v) is 2.86. The first-order chi connectivity index (χ1) is 7.93. The van der Waals surface area contributed by atoms with Gasteiger partial charge in [-0.05, 0) is 11.5 Å². The molecule has 3 heteroatoms. The lowest BCUT2D eigenvalue weighted by Crippen LogP contribution is -2.24. The minimum Gasteiger partial charge on any atom is -0.481 e. The summed E-state index contributed by atoms with van der Waals surface area (Å²) in [5.41, 5.74) is 1.31. The molecule has 2 nitrogen and oxygen atoms in total. The fraction of sp³-hybridized carbons (Fsp3) is 0.500. The third-order valence-electron chi connectivity index (χ3n) is 3.13. The van der Waals surface area contributed by atoms with Crippen molar-refractivity contribution in [3.63, 3.8) is 0 Å². The van der Waals surface area contributed by atoms with Crippen molar-refractivity contribution in [2.45, 2.75) is 37.9 Å². The van der Waals surface area contributed by atoms with Crippen molar-refractivity contribution in [1.29, 1.82) is 0 Å². The Hall–Kier alpha value is -0.960. The van der Waals surface area contributed by atoms with Crippen LogP contribution in [-0.4, -0.2) is 21.6 Å². The fourth-order valence-electron chi connectivity index (χ4n) is 1.67. The average Bonchev–Trinajstić information content (AvgIpc) is 2.28. The van der Waals surface area contributed by atoms with Gasteiger partial charge in [0, 0.05) is 10.5 Å². The number of carboxylic acids is 1. The van der Waals surface area contributed by atoms with Crippen molar-refractivity contribution in [1.82, 2.24) is 0 Å². The molecule has 0 aliphatic carbocycles. The third kappa shape index (κ3) is 4.43. The highest BCUT2D eigenvalue weighted by Crippen LogP contribution is 2.38. The van der Waals surface area contributed by atoms with Gasteiger partial charge in [0.05, 0.1) is 6.42 Å². The van der Waals surface area contributed by atoms with Gasteiger partial charge in [0.1, 0.15) is 0 Å². The molecule has 0 heterocycles. The van der Waals surface area contributed by atoms with Crippen LogP contribution in [0, 0.1) is 0 Å². The highest BCUT2D eigenvalue weighted by molar-refractivity contribution is 8.00. The maximum absolute atomic E-state index is 10.5. The molecule has 94 valence electrons. The summed E-state index contributed by atoms with van der Waals surface area (Å²) in [7, 11) is 0. The van der Waals surface area contributed by atoms with E-state index < -0.39 is 5.97 Å². The van der Waals surface area contributed by atoms with Crippen LogP contribution >= 0.6 is 11.8 Å². The smallest absolute Gasteiger partial charge is 0.304 e. The van der Waals surface area contributed by atoms with Crippen molar-refractivity contribution in [2.24, 2.45) is 0 Å². The van der Waals surface area contributed by atoms with E-state index in [0.29, 0.717) is 11.7 Å². The molecule has 0 radical (unpaired) electrons. The molecule has 0 bridgehead atoms. The van der Waals surface area contributed by atoms with Gasteiger partial charge in [0.25, 0.3) is 0 Å². The Balaban J connectivity index is 2.60. The SMILES string of the molecule is CC(c1ccccc1)C(C)(C)SCCC(=O)O. The maximum Gasteiger partial charge on any atom is 0.304 e. The minimum absolute atomic E-state index is 0.0524. The number of hydrogen-bond donors (Lipinski definition) is 1. The number of carboxylic acid groups (broad SMARTS) is 1. The van der Waals surface area contributed by atoms with Gasteiger partial charge in [-0.3, -0.25) is 4.79 Å². The van der Waals surface area contributed by atoms with Gasteiger partial charge in [-0.15, -0.1) is 0 Å².